The number of rotatable bonds is 6. The van der Waals surface area contributed by atoms with Gasteiger partial charge in [-0.1, -0.05) is 6.07 Å². The van der Waals surface area contributed by atoms with Crippen LogP contribution in [-0.4, -0.2) is 27.6 Å². The average Bonchev–Trinajstić information content (AvgIpc) is 3.03. The second-order valence-electron chi connectivity index (χ2n) is 5.10. The molecule has 1 heterocycles. The van der Waals surface area contributed by atoms with Crippen molar-refractivity contribution in [2.45, 2.75) is 13.3 Å². The zero-order valence-electron chi connectivity index (χ0n) is 13.5. The van der Waals surface area contributed by atoms with E-state index in [-0.39, 0.29) is 6.79 Å². The number of fused-ring (bicyclic) bond motifs is 1. The third-order valence-electron chi connectivity index (χ3n) is 3.73. The summed E-state index contributed by atoms with van der Waals surface area (Å²) in [6.07, 6.45) is 0.666. The van der Waals surface area contributed by atoms with Crippen LogP contribution in [0.25, 0.3) is 0 Å². The first-order chi connectivity index (χ1) is 11.2. The van der Waals surface area contributed by atoms with Crippen LogP contribution in [-0.2, 0) is 6.42 Å². The van der Waals surface area contributed by atoms with Crippen molar-refractivity contribution in [3.05, 3.63) is 41.5 Å². The van der Waals surface area contributed by atoms with Crippen LogP contribution in [0.1, 0.15) is 18.1 Å². The Morgan fingerprint density at radius 2 is 1.70 bits per heavy atom. The Morgan fingerprint density at radius 1 is 0.913 bits per heavy atom. The van der Waals surface area contributed by atoms with Gasteiger partial charge in [0.2, 0.25) is 6.79 Å². The lowest BCUT2D eigenvalue weighted by molar-refractivity contribution is 0.173. The molecule has 2 aromatic carbocycles. The molecule has 0 saturated heterocycles. The standard InChI is InChI=1S/C18H20O5/c1-4-21-16-10-18-17(22-11-23-18)8-13(16)7-12-5-6-14(19-2)9-15(12)20-3/h5-6,8-10H,4,7,11H2,1-3H3. The van der Waals surface area contributed by atoms with E-state index >= 15 is 0 Å². The SMILES string of the molecule is CCOc1cc2c(cc1Cc1ccc(OC)cc1OC)OCO2. The van der Waals surface area contributed by atoms with Gasteiger partial charge < -0.3 is 23.7 Å². The normalized spacial score (nSPS) is 12.1. The average molecular weight is 316 g/mol. The molecule has 0 amide bonds. The van der Waals surface area contributed by atoms with Crippen molar-refractivity contribution in [1.29, 1.82) is 0 Å². The van der Waals surface area contributed by atoms with E-state index in [2.05, 4.69) is 0 Å². The van der Waals surface area contributed by atoms with Crippen LogP contribution < -0.4 is 23.7 Å². The Bertz CT molecular complexity index is 696. The van der Waals surface area contributed by atoms with Gasteiger partial charge in [-0.25, -0.2) is 0 Å². The van der Waals surface area contributed by atoms with Crippen molar-refractivity contribution in [2.24, 2.45) is 0 Å². The Hall–Kier alpha value is -2.56. The minimum atomic E-state index is 0.246. The summed E-state index contributed by atoms with van der Waals surface area (Å²) in [5, 5.41) is 0. The van der Waals surface area contributed by atoms with Crippen LogP contribution in [0.2, 0.25) is 0 Å². The molecule has 0 aliphatic carbocycles. The third-order valence-corrected chi connectivity index (χ3v) is 3.73. The van der Waals surface area contributed by atoms with Crippen molar-refractivity contribution in [3.63, 3.8) is 0 Å². The van der Waals surface area contributed by atoms with Crippen molar-refractivity contribution >= 4 is 0 Å². The molecule has 0 N–H and O–H groups in total. The van der Waals surface area contributed by atoms with Gasteiger partial charge in [0.05, 0.1) is 20.8 Å². The molecule has 0 aromatic heterocycles. The van der Waals surface area contributed by atoms with E-state index in [4.69, 9.17) is 23.7 Å². The quantitative estimate of drug-likeness (QED) is 0.817. The smallest absolute Gasteiger partial charge is 0.231 e. The lowest BCUT2D eigenvalue weighted by Gasteiger charge is -2.14. The van der Waals surface area contributed by atoms with Crippen molar-refractivity contribution in [1.82, 2.24) is 0 Å². The van der Waals surface area contributed by atoms with E-state index < -0.39 is 0 Å². The molecule has 0 radical (unpaired) electrons. The molecule has 5 heteroatoms. The summed E-state index contributed by atoms with van der Waals surface area (Å²) in [6.45, 7) is 2.80. The highest BCUT2D eigenvalue weighted by Gasteiger charge is 2.19. The van der Waals surface area contributed by atoms with Gasteiger partial charge in [-0.3, -0.25) is 0 Å². The van der Waals surface area contributed by atoms with Crippen LogP contribution in [0.5, 0.6) is 28.7 Å². The molecule has 2 aromatic rings. The molecule has 0 bridgehead atoms. The first-order valence-electron chi connectivity index (χ1n) is 7.51. The number of ether oxygens (including phenoxy) is 5. The van der Waals surface area contributed by atoms with Gasteiger partial charge in [0.15, 0.2) is 11.5 Å². The summed E-state index contributed by atoms with van der Waals surface area (Å²) in [6, 6.07) is 9.65. The predicted octanol–water partition coefficient (Wildman–Crippen LogP) is 3.42. The maximum absolute atomic E-state index is 5.75. The first-order valence-corrected chi connectivity index (χ1v) is 7.51. The van der Waals surface area contributed by atoms with Gasteiger partial charge in [-0.15, -0.1) is 0 Å². The summed E-state index contributed by atoms with van der Waals surface area (Å²) in [5.41, 5.74) is 2.08. The van der Waals surface area contributed by atoms with Gasteiger partial charge in [-0.2, -0.15) is 0 Å². The molecule has 23 heavy (non-hydrogen) atoms. The summed E-state index contributed by atoms with van der Waals surface area (Å²) in [5.74, 6) is 3.82. The summed E-state index contributed by atoms with van der Waals surface area (Å²) < 4.78 is 27.4. The van der Waals surface area contributed by atoms with Gasteiger partial charge in [0.25, 0.3) is 0 Å². The number of hydrogen-bond acceptors (Lipinski definition) is 5. The second-order valence-corrected chi connectivity index (χ2v) is 5.10. The lowest BCUT2D eigenvalue weighted by Crippen LogP contribution is -2.00. The molecule has 1 aliphatic rings. The fourth-order valence-corrected chi connectivity index (χ4v) is 2.60. The van der Waals surface area contributed by atoms with Crippen LogP contribution in [0.4, 0.5) is 0 Å². The Kier molecular flexibility index (Phi) is 4.46. The monoisotopic (exact) mass is 316 g/mol. The zero-order valence-corrected chi connectivity index (χ0v) is 13.5. The molecular formula is C18H20O5. The summed E-state index contributed by atoms with van der Waals surface area (Å²) in [4.78, 5) is 0. The molecule has 0 spiro atoms. The fourth-order valence-electron chi connectivity index (χ4n) is 2.60. The number of hydrogen-bond donors (Lipinski definition) is 0. The molecule has 0 unspecified atom stereocenters. The number of benzene rings is 2. The minimum absolute atomic E-state index is 0.246. The molecule has 5 nitrogen and oxygen atoms in total. The van der Waals surface area contributed by atoms with E-state index in [1.807, 2.05) is 37.3 Å². The fraction of sp³-hybridized carbons (Fsp3) is 0.333. The Morgan fingerprint density at radius 3 is 2.39 bits per heavy atom. The van der Waals surface area contributed by atoms with Crippen LogP contribution in [0, 0.1) is 0 Å². The van der Waals surface area contributed by atoms with Crippen molar-refractivity contribution in [3.8, 4) is 28.7 Å². The van der Waals surface area contributed by atoms with Gasteiger partial charge >= 0.3 is 0 Å². The predicted molar refractivity (Wildman–Crippen MR) is 86.1 cm³/mol. The third kappa shape index (κ3) is 3.13. The van der Waals surface area contributed by atoms with Gasteiger partial charge in [0.1, 0.15) is 17.2 Å². The molecule has 0 atom stereocenters. The summed E-state index contributed by atoms with van der Waals surface area (Å²) in [7, 11) is 3.29. The molecule has 0 fully saturated rings. The van der Waals surface area contributed by atoms with E-state index in [1.165, 1.54) is 0 Å². The van der Waals surface area contributed by atoms with E-state index in [0.29, 0.717) is 13.0 Å². The highest BCUT2D eigenvalue weighted by molar-refractivity contribution is 5.54. The van der Waals surface area contributed by atoms with E-state index in [1.54, 1.807) is 14.2 Å². The largest absolute Gasteiger partial charge is 0.497 e. The zero-order chi connectivity index (χ0) is 16.2. The molecule has 3 rings (SSSR count). The maximum atomic E-state index is 5.75. The highest BCUT2D eigenvalue weighted by Crippen LogP contribution is 2.40. The van der Waals surface area contributed by atoms with Crippen molar-refractivity contribution < 1.29 is 23.7 Å². The highest BCUT2D eigenvalue weighted by atomic mass is 16.7. The number of methoxy groups -OCH3 is 2. The van der Waals surface area contributed by atoms with E-state index in [9.17, 15) is 0 Å². The van der Waals surface area contributed by atoms with Crippen LogP contribution in [0.3, 0.4) is 0 Å². The molecule has 122 valence electrons. The van der Waals surface area contributed by atoms with Gasteiger partial charge in [-0.05, 0) is 24.6 Å². The lowest BCUT2D eigenvalue weighted by atomic mass is 10.0. The van der Waals surface area contributed by atoms with Crippen LogP contribution >= 0.6 is 0 Å². The van der Waals surface area contributed by atoms with Crippen LogP contribution in [0.15, 0.2) is 30.3 Å². The Balaban J connectivity index is 1.96. The maximum Gasteiger partial charge on any atom is 0.231 e. The van der Waals surface area contributed by atoms with E-state index in [0.717, 1.165) is 39.9 Å². The minimum Gasteiger partial charge on any atom is -0.497 e. The van der Waals surface area contributed by atoms with Crippen molar-refractivity contribution in [2.75, 3.05) is 27.6 Å². The van der Waals surface area contributed by atoms with Gasteiger partial charge in [0, 0.05) is 24.1 Å². The first kappa shape index (κ1) is 15.3. The molecular weight excluding hydrogens is 296 g/mol. The Labute approximate surface area is 135 Å². The molecule has 1 aliphatic heterocycles. The second kappa shape index (κ2) is 6.69. The molecule has 0 saturated carbocycles. The topological polar surface area (TPSA) is 46.2 Å². The summed E-state index contributed by atoms with van der Waals surface area (Å²) >= 11 is 0.